The van der Waals surface area contributed by atoms with Crippen molar-refractivity contribution in [3.8, 4) is 0 Å². The molecule has 1 aliphatic rings. The molecule has 0 radical (unpaired) electrons. The van der Waals surface area contributed by atoms with Gasteiger partial charge in [-0.3, -0.25) is 19.2 Å². The van der Waals surface area contributed by atoms with Crippen molar-refractivity contribution >= 4 is 34.9 Å². The molecule has 2 aromatic carbocycles. The van der Waals surface area contributed by atoms with Gasteiger partial charge >= 0.3 is 5.97 Å². The number of nitrogens with one attached hydrogen (secondary N) is 2. The number of carbonyl (C=O) groups excluding carboxylic acids is 4. The fraction of sp³-hybridized carbons (Fsp3) is 0.250. The second-order valence-corrected chi connectivity index (χ2v) is 7.94. The average Bonchev–Trinajstić information content (AvgIpc) is 2.88. The first-order valence-electron chi connectivity index (χ1n) is 10.1. The number of rotatable bonds is 6. The van der Waals surface area contributed by atoms with Gasteiger partial charge in [0.25, 0.3) is 5.91 Å². The predicted octanol–water partition coefficient (Wildman–Crippen LogP) is 3.26. The number of benzene rings is 2. The number of hydrogen-bond donors (Lipinski definition) is 2. The van der Waals surface area contributed by atoms with E-state index < -0.39 is 29.4 Å². The number of para-hydroxylation sites is 2. The van der Waals surface area contributed by atoms with Crippen molar-refractivity contribution in [3.05, 3.63) is 72.3 Å². The Kier molecular flexibility index (Phi) is 6.43. The van der Waals surface area contributed by atoms with Gasteiger partial charge in [-0.1, -0.05) is 30.3 Å². The quantitative estimate of drug-likeness (QED) is 0.533. The van der Waals surface area contributed by atoms with Crippen LogP contribution in [-0.2, 0) is 14.4 Å². The van der Waals surface area contributed by atoms with E-state index in [0.29, 0.717) is 16.9 Å². The summed E-state index contributed by atoms with van der Waals surface area (Å²) in [5.74, 6) is -1.90. The number of ketones is 1. The van der Waals surface area contributed by atoms with Gasteiger partial charge in [0, 0.05) is 18.9 Å². The molecule has 0 unspecified atom stereocenters. The van der Waals surface area contributed by atoms with Crippen LogP contribution >= 0.6 is 0 Å². The zero-order valence-electron chi connectivity index (χ0n) is 18.2. The van der Waals surface area contributed by atoms with Gasteiger partial charge in [0.05, 0.1) is 22.5 Å². The van der Waals surface area contributed by atoms with E-state index in [0.717, 1.165) is 0 Å². The number of nitrogens with zero attached hydrogens (tertiary/aromatic N) is 1. The third-order valence-electron chi connectivity index (χ3n) is 5.11. The third-order valence-corrected chi connectivity index (χ3v) is 5.11. The van der Waals surface area contributed by atoms with Crippen molar-refractivity contribution in [2.45, 2.75) is 38.8 Å². The van der Waals surface area contributed by atoms with E-state index in [2.05, 4.69) is 17.2 Å². The van der Waals surface area contributed by atoms with Crippen molar-refractivity contribution in [1.82, 2.24) is 5.32 Å². The molecule has 0 saturated carbocycles. The van der Waals surface area contributed by atoms with Crippen LogP contribution in [0.2, 0.25) is 0 Å². The van der Waals surface area contributed by atoms with Crippen LogP contribution in [-0.4, -0.2) is 35.1 Å². The molecule has 0 fully saturated rings. The summed E-state index contributed by atoms with van der Waals surface area (Å²) in [6.45, 7) is 8.58. The van der Waals surface area contributed by atoms with E-state index in [4.69, 9.17) is 4.84 Å². The molecule has 1 aliphatic heterocycles. The Bertz CT molecular complexity index is 1090. The number of anilines is 2. The number of hydrogen-bond acceptors (Lipinski definition) is 6. The highest BCUT2D eigenvalue weighted by atomic mass is 16.7. The Morgan fingerprint density at radius 3 is 2.50 bits per heavy atom. The Balaban J connectivity index is 1.91. The Morgan fingerprint density at radius 2 is 1.81 bits per heavy atom. The molecule has 1 heterocycles. The molecular weight excluding hydrogens is 410 g/mol. The van der Waals surface area contributed by atoms with Gasteiger partial charge in [0.2, 0.25) is 5.91 Å². The van der Waals surface area contributed by atoms with Crippen LogP contribution in [0, 0.1) is 0 Å². The molecule has 0 spiro atoms. The summed E-state index contributed by atoms with van der Waals surface area (Å²) < 4.78 is 0. The zero-order chi connectivity index (χ0) is 23.5. The van der Waals surface area contributed by atoms with Crippen molar-refractivity contribution in [3.63, 3.8) is 0 Å². The molecule has 3 rings (SSSR count). The fourth-order valence-corrected chi connectivity index (χ4v) is 3.33. The Labute approximate surface area is 186 Å². The molecule has 1 atom stereocenters. The molecule has 32 heavy (non-hydrogen) atoms. The molecule has 166 valence electrons. The lowest BCUT2D eigenvalue weighted by Gasteiger charge is -2.36. The van der Waals surface area contributed by atoms with Crippen molar-refractivity contribution in [2.24, 2.45) is 0 Å². The minimum Gasteiger partial charge on any atom is -0.340 e. The maximum atomic E-state index is 13.2. The van der Waals surface area contributed by atoms with Crippen LogP contribution in [0.3, 0.4) is 0 Å². The van der Waals surface area contributed by atoms with E-state index in [1.54, 1.807) is 68.5 Å². The Morgan fingerprint density at radius 1 is 1.16 bits per heavy atom. The monoisotopic (exact) mass is 435 g/mol. The molecule has 0 aromatic heterocycles. The standard InChI is InChI=1S/C24H25N3O5/c1-5-24(3,4)27(32-15(2)28)20-13-9-7-11-17(20)22(30)26-19-14-21(29)16-10-6-8-12-18(16)25-23(19)31/h5-13,19H,1,14H2,2-4H3,(H,25,31)(H,26,30)/t19-/m0/s1. The summed E-state index contributed by atoms with van der Waals surface area (Å²) in [5, 5.41) is 6.63. The lowest BCUT2D eigenvalue weighted by molar-refractivity contribution is -0.144. The summed E-state index contributed by atoms with van der Waals surface area (Å²) in [5.41, 5.74) is 0.457. The van der Waals surface area contributed by atoms with Crippen molar-refractivity contribution in [2.75, 3.05) is 10.4 Å². The molecule has 2 aromatic rings. The van der Waals surface area contributed by atoms with Gasteiger partial charge in [0.15, 0.2) is 5.78 Å². The first-order chi connectivity index (χ1) is 15.1. The second kappa shape index (κ2) is 9.05. The van der Waals surface area contributed by atoms with E-state index >= 15 is 0 Å². The van der Waals surface area contributed by atoms with Crippen molar-refractivity contribution in [1.29, 1.82) is 0 Å². The third kappa shape index (κ3) is 4.69. The van der Waals surface area contributed by atoms with Gasteiger partial charge in [-0.25, -0.2) is 0 Å². The van der Waals surface area contributed by atoms with Gasteiger partial charge in [0.1, 0.15) is 6.04 Å². The summed E-state index contributed by atoms with van der Waals surface area (Å²) >= 11 is 0. The molecule has 2 amide bonds. The highest BCUT2D eigenvalue weighted by Gasteiger charge is 2.33. The lowest BCUT2D eigenvalue weighted by Crippen LogP contribution is -2.46. The van der Waals surface area contributed by atoms with Gasteiger partial charge in [-0.15, -0.1) is 6.58 Å². The Hall–Kier alpha value is -3.94. The van der Waals surface area contributed by atoms with Crippen molar-refractivity contribution < 1.29 is 24.0 Å². The molecule has 0 bridgehead atoms. The zero-order valence-corrected chi connectivity index (χ0v) is 18.2. The van der Waals surface area contributed by atoms with Crippen LogP contribution in [0.1, 0.15) is 47.9 Å². The smallest absolute Gasteiger partial charge is 0.329 e. The average molecular weight is 435 g/mol. The molecule has 8 heteroatoms. The molecule has 0 aliphatic carbocycles. The topological polar surface area (TPSA) is 105 Å². The maximum Gasteiger partial charge on any atom is 0.329 e. The molecule has 2 N–H and O–H groups in total. The van der Waals surface area contributed by atoms with E-state index in [1.807, 2.05) is 0 Å². The highest BCUT2D eigenvalue weighted by molar-refractivity contribution is 6.13. The van der Waals surface area contributed by atoms with Gasteiger partial charge < -0.3 is 15.5 Å². The fourth-order valence-electron chi connectivity index (χ4n) is 3.33. The van der Waals surface area contributed by atoms with E-state index in [9.17, 15) is 19.2 Å². The SMILES string of the molecule is C=CC(C)(C)N(OC(C)=O)c1ccccc1C(=O)N[C@H]1CC(=O)c2ccccc2NC1=O. The molecular formula is C24H25N3O5. The number of Topliss-reactive ketones (excluding diaryl/α,β-unsaturated/α-hetero) is 1. The first-order valence-corrected chi connectivity index (χ1v) is 10.1. The van der Waals surface area contributed by atoms with Gasteiger partial charge in [-0.05, 0) is 38.1 Å². The van der Waals surface area contributed by atoms with Crippen LogP contribution in [0.5, 0.6) is 0 Å². The largest absolute Gasteiger partial charge is 0.340 e. The summed E-state index contributed by atoms with van der Waals surface area (Å²) in [7, 11) is 0. The number of fused-ring (bicyclic) bond motifs is 1. The number of amides is 2. The molecule has 8 nitrogen and oxygen atoms in total. The lowest BCUT2D eigenvalue weighted by atomic mass is 10.0. The number of carbonyl (C=O) groups is 4. The van der Waals surface area contributed by atoms with Crippen LogP contribution in [0.4, 0.5) is 11.4 Å². The maximum absolute atomic E-state index is 13.2. The highest BCUT2D eigenvalue weighted by Crippen LogP contribution is 2.29. The second-order valence-electron chi connectivity index (χ2n) is 7.94. The first kappa shape index (κ1) is 22.7. The summed E-state index contributed by atoms with van der Waals surface area (Å²) in [6, 6.07) is 12.1. The molecule has 0 saturated heterocycles. The predicted molar refractivity (Wildman–Crippen MR) is 120 cm³/mol. The minimum absolute atomic E-state index is 0.172. The summed E-state index contributed by atoms with van der Waals surface area (Å²) in [4.78, 5) is 55.6. The van der Waals surface area contributed by atoms with E-state index in [-0.39, 0.29) is 17.8 Å². The minimum atomic E-state index is -1.06. The van der Waals surface area contributed by atoms with Crippen LogP contribution < -0.4 is 15.7 Å². The van der Waals surface area contributed by atoms with Crippen LogP contribution in [0.25, 0.3) is 0 Å². The van der Waals surface area contributed by atoms with Crippen LogP contribution in [0.15, 0.2) is 61.2 Å². The number of hydroxylamine groups is 1. The van der Waals surface area contributed by atoms with Gasteiger partial charge in [-0.2, -0.15) is 5.06 Å². The van der Waals surface area contributed by atoms with E-state index in [1.165, 1.54) is 12.0 Å². The summed E-state index contributed by atoms with van der Waals surface area (Å²) in [6.07, 6.45) is 1.40. The normalized spacial score (nSPS) is 15.7.